The fraction of sp³-hybridized carbons (Fsp3) is 0.318. The van der Waals surface area contributed by atoms with Crippen LogP contribution in [0.2, 0.25) is 0 Å². The molecule has 2 unspecified atom stereocenters. The lowest BCUT2D eigenvalue weighted by atomic mass is 9.49. The number of hydrogen-bond acceptors (Lipinski definition) is 2. The summed E-state index contributed by atoms with van der Waals surface area (Å²) in [6.45, 7) is 3.97. The van der Waals surface area contributed by atoms with E-state index in [0.29, 0.717) is 17.3 Å². The van der Waals surface area contributed by atoms with Gasteiger partial charge < -0.3 is 4.74 Å². The summed E-state index contributed by atoms with van der Waals surface area (Å²) in [5.41, 5.74) is 5.66. The minimum Gasteiger partial charge on any atom is -0.380 e. The van der Waals surface area contributed by atoms with E-state index in [-0.39, 0.29) is 0 Å². The lowest BCUT2D eigenvalue weighted by Gasteiger charge is -2.60. The van der Waals surface area contributed by atoms with Crippen molar-refractivity contribution in [2.45, 2.75) is 25.2 Å². The quantitative estimate of drug-likeness (QED) is 0.675. The lowest BCUT2D eigenvalue weighted by Crippen LogP contribution is -2.57. The Hall–Kier alpha value is -2.19. The van der Waals surface area contributed by atoms with Gasteiger partial charge in [0.25, 0.3) is 0 Å². The molecule has 2 atom stereocenters. The molecule has 2 fully saturated rings. The molecule has 0 N–H and O–H groups in total. The highest BCUT2D eigenvalue weighted by molar-refractivity contribution is 5.79. The third-order valence-corrected chi connectivity index (χ3v) is 5.96. The van der Waals surface area contributed by atoms with Crippen LogP contribution in [0.15, 0.2) is 60.8 Å². The minimum absolute atomic E-state index is 0.353. The van der Waals surface area contributed by atoms with Crippen LogP contribution < -0.4 is 0 Å². The van der Waals surface area contributed by atoms with Crippen LogP contribution >= 0.6 is 0 Å². The van der Waals surface area contributed by atoms with Gasteiger partial charge in [-0.25, -0.2) is 0 Å². The van der Waals surface area contributed by atoms with Crippen LogP contribution in [-0.4, -0.2) is 18.2 Å². The molecule has 1 aromatic heterocycles. The van der Waals surface area contributed by atoms with E-state index in [1.54, 1.807) is 0 Å². The van der Waals surface area contributed by atoms with Crippen molar-refractivity contribution in [3.63, 3.8) is 0 Å². The molecule has 1 saturated heterocycles. The molecule has 2 aliphatic rings. The Morgan fingerprint density at radius 1 is 1.00 bits per heavy atom. The smallest absolute Gasteiger partial charge is 0.0702 e. The predicted molar refractivity (Wildman–Crippen MR) is 96.3 cm³/mol. The van der Waals surface area contributed by atoms with Gasteiger partial charge in [0.05, 0.1) is 18.7 Å². The molecule has 1 saturated carbocycles. The molecule has 0 bridgehead atoms. The number of fused-ring (bicyclic) bond motifs is 1. The Morgan fingerprint density at radius 3 is 2.54 bits per heavy atom. The molecular formula is C22H21NO. The average molecular weight is 315 g/mol. The number of benzene rings is 2. The van der Waals surface area contributed by atoms with Crippen LogP contribution in [-0.2, 0) is 4.74 Å². The Morgan fingerprint density at radius 2 is 1.79 bits per heavy atom. The molecule has 1 spiro atoms. The number of aryl methyl sites for hydroxylation is 1. The van der Waals surface area contributed by atoms with Crippen LogP contribution in [0.3, 0.4) is 0 Å². The standard InChI is InChI=1S/C22H21NO/c1-15-4-6-16(7-5-15)19-12-22(13-24-14-22)21(19)18-8-9-20-17(11-18)3-2-10-23-20/h2-11,19,21H,12-14H2,1H3. The van der Waals surface area contributed by atoms with Crippen molar-refractivity contribution < 1.29 is 4.74 Å². The van der Waals surface area contributed by atoms with Crippen LogP contribution in [0.1, 0.15) is 34.9 Å². The van der Waals surface area contributed by atoms with Gasteiger partial charge in [0.2, 0.25) is 0 Å². The first kappa shape index (κ1) is 14.2. The molecule has 1 aliphatic heterocycles. The van der Waals surface area contributed by atoms with Gasteiger partial charge >= 0.3 is 0 Å². The summed E-state index contributed by atoms with van der Waals surface area (Å²) in [5.74, 6) is 1.15. The third kappa shape index (κ3) is 2.03. The van der Waals surface area contributed by atoms with Crippen molar-refractivity contribution >= 4 is 10.9 Å². The summed E-state index contributed by atoms with van der Waals surface area (Å²) in [5, 5.41) is 1.24. The van der Waals surface area contributed by atoms with Gasteiger partial charge in [-0.15, -0.1) is 0 Å². The Labute approximate surface area is 142 Å². The van der Waals surface area contributed by atoms with Gasteiger partial charge in [-0.3, -0.25) is 4.98 Å². The second-order valence-electron chi connectivity index (χ2n) is 7.51. The monoisotopic (exact) mass is 315 g/mol. The molecular weight excluding hydrogens is 294 g/mol. The van der Waals surface area contributed by atoms with E-state index in [4.69, 9.17) is 4.74 Å². The van der Waals surface area contributed by atoms with Crippen molar-refractivity contribution in [2.75, 3.05) is 13.2 Å². The highest BCUT2D eigenvalue weighted by atomic mass is 16.5. The first-order valence-electron chi connectivity index (χ1n) is 8.74. The fourth-order valence-corrected chi connectivity index (χ4v) is 4.61. The topological polar surface area (TPSA) is 22.1 Å². The van der Waals surface area contributed by atoms with Crippen molar-refractivity contribution in [1.29, 1.82) is 0 Å². The highest BCUT2D eigenvalue weighted by Gasteiger charge is 2.58. The maximum atomic E-state index is 5.61. The SMILES string of the molecule is Cc1ccc(C2CC3(COC3)C2c2ccc3ncccc3c2)cc1. The molecule has 0 radical (unpaired) electrons. The lowest BCUT2D eigenvalue weighted by molar-refractivity contribution is -0.181. The second kappa shape index (κ2) is 5.15. The fourth-order valence-electron chi connectivity index (χ4n) is 4.61. The summed E-state index contributed by atoms with van der Waals surface area (Å²) in [7, 11) is 0. The van der Waals surface area contributed by atoms with E-state index in [2.05, 4.69) is 60.4 Å². The van der Waals surface area contributed by atoms with Gasteiger partial charge in [0.15, 0.2) is 0 Å². The summed E-state index contributed by atoms with van der Waals surface area (Å²) in [6.07, 6.45) is 3.10. The largest absolute Gasteiger partial charge is 0.380 e. The zero-order valence-corrected chi connectivity index (χ0v) is 13.9. The highest BCUT2D eigenvalue weighted by Crippen LogP contribution is 2.64. The second-order valence-corrected chi connectivity index (χ2v) is 7.51. The third-order valence-electron chi connectivity index (χ3n) is 5.96. The first-order chi connectivity index (χ1) is 11.8. The summed E-state index contributed by atoms with van der Waals surface area (Å²) < 4.78 is 5.61. The van der Waals surface area contributed by atoms with Crippen molar-refractivity contribution in [1.82, 2.24) is 4.98 Å². The molecule has 2 aromatic carbocycles. The van der Waals surface area contributed by atoms with Gasteiger partial charge in [-0.1, -0.05) is 42.0 Å². The van der Waals surface area contributed by atoms with Crippen molar-refractivity contribution in [3.8, 4) is 0 Å². The number of ether oxygens (including phenoxy) is 1. The Balaban J connectivity index is 1.57. The number of aromatic nitrogens is 1. The molecule has 5 rings (SSSR count). The molecule has 0 amide bonds. The van der Waals surface area contributed by atoms with Crippen LogP contribution in [0.5, 0.6) is 0 Å². The molecule has 3 aromatic rings. The maximum Gasteiger partial charge on any atom is 0.0702 e. The van der Waals surface area contributed by atoms with Crippen LogP contribution in [0.4, 0.5) is 0 Å². The molecule has 2 heteroatoms. The van der Waals surface area contributed by atoms with Gasteiger partial charge in [-0.05, 0) is 48.6 Å². The average Bonchev–Trinajstić information content (AvgIpc) is 2.54. The molecule has 120 valence electrons. The first-order valence-corrected chi connectivity index (χ1v) is 8.74. The van der Waals surface area contributed by atoms with E-state index < -0.39 is 0 Å². The number of nitrogens with zero attached hydrogens (tertiary/aromatic N) is 1. The van der Waals surface area contributed by atoms with Crippen molar-refractivity contribution in [3.05, 3.63) is 77.5 Å². The van der Waals surface area contributed by atoms with Crippen LogP contribution in [0, 0.1) is 12.3 Å². The van der Waals surface area contributed by atoms with Gasteiger partial charge in [-0.2, -0.15) is 0 Å². The number of hydrogen-bond donors (Lipinski definition) is 0. The zero-order chi connectivity index (χ0) is 16.1. The van der Waals surface area contributed by atoms with E-state index >= 15 is 0 Å². The normalized spacial score (nSPS) is 24.5. The molecule has 2 heterocycles. The number of pyridine rings is 1. The van der Waals surface area contributed by atoms with Crippen molar-refractivity contribution in [2.24, 2.45) is 5.41 Å². The van der Waals surface area contributed by atoms with Gasteiger partial charge in [0.1, 0.15) is 0 Å². The van der Waals surface area contributed by atoms with E-state index in [9.17, 15) is 0 Å². The van der Waals surface area contributed by atoms with Crippen LogP contribution in [0.25, 0.3) is 10.9 Å². The molecule has 24 heavy (non-hydrogen) atoms. The van der Waals surface area contributed by atoms with Gasteiger partial charge in [0, 0.05) is 22.9 Å². The molecule has 1 aliphatic carbocycles. The molecule has 2 nitrogen and oxygen atoms in total. The minimum atomic E-state index is 0.353. The summed E-state index contributed by atoms with van der Waals surface area (Å²) in [6, 6.07) is 20.1. The zero-order valence-electron chi connectivity index (χ0n) is 13.9. The van der Waals surface area contributed by atoms with E-state index in [1.165, 1.54) is 28.5 Å². The summed E-state index contributed by atoms with van der Waals surface area (Å²) in [4.78, 5) is 4.46. The van der Waals surface area contributed by atoms with E-state index in [1.807, 2.05) is 12.3 Å². The Bertz CT molecular complexity index is 895. The summed E-state index contributed by atoms with van der Waals surface area (Å²) >= 11 is 0. The Kier molecular flexibility index (Phi) is 3.04. The predicted octanol–water partition coefficient (Wildman–Crippen LogP) is 4.83. The maximum absolute atomic E-state index is 5.61. The number of rotatable bonds is 2. The van der Waals surface area contributed by atoms with E-state index in [0.717, 1.165) is 18.7 Å².